The van der Waals surface area contributed by atoms with E-state index in [9.17, 15) is 4.79 Å². The van der Waals surface area contributed by atoms with Crippen LogP contribution in [0.5, 0.6) is 0 Å². The molecule has 0 heterocycles. The van der Waals surface area contributed by atoms with Crippen molar-refractivity contribution in [2.24, 2.45) is 0 Å². The number of carbonyl (C=O) groups is 1. The number of amides is 1. The van der Waals surface area contributed by atoms with Crippen LogP contribution < -0.4 is 10.6 Å². The van der Waals surface area contributed by atoms with Crippen LogP contribution in [0.25, 0.3) is 0 Å². The summed E-state index contributed by atoms with van der Waals surface area (Å²) < 4.78 is 5.23. The van der Waals surface area contributed by atoms with Crippen molar-refractivity contribution in [2.45, 2.75) is 12.8 Å². The maximum Gasteiger partial charge on any atom is 0.219 e. The van der Waals surface area contributed by atoms with Crippen LogP contribution in [0.1, 0.15) is 12.8 Å². The molecule has 0 aliphatic rings. The van der Waals surface area contributed by atoms with E-state index in [1.165, 1.54) is 0 Å². The van der Waals surface area contributed by atoms with Crippen LogP contribution in [-0.4, -0.2) is 39.8 Å². The van der Waals surface area contributed by atoms with Crippen molar-refractivity contribution in [3.05, 3.63) is 0 Å². The van der Waals surface area contributed by atoms with Gasteiger partial charge in [-0.05, 0) is 13.5 Å². The van der Waals surface area contributed by atoms with E-state index in [0.717, 1.165) is 13.0 Å². The molecule has 0 aromatic rings. The van der Waals surface area contributed by atoms with Gasteiger partial charge in [0, 0.05) is 26.6 Å². The Labute approximate surface area is 73.7 Å². The van der Waals surface area contributed by atoms with Crippen molar-refractivity contribution in [1.82, 2.24) is 10.6 Å². The van der Waals surface area contributed by atoms with Crippen molar-refractivity contribution in [3.63, 3.8) is 0 Å². The number of likely N-dealkylation sites (N-methyl/N-ethyl adjacent to an activating group) is 1. The SMILES string of the molecule is CNCCOCCCC(=O)NC. The van der Waals surface area contributed by atoms with Crippen LogP contribution in [0, 0.1) is 0 Å². The average Bonchev–Trinajstić information content (AvgIpc) is 2.10. The van der Waals surface area contributed by atoms with E-state index >= 15 is 0 Å². The number of hydrogen-bond acceptors (Lipinski definition) is 3. The molecule has 0 aliphatic heterocycles. The highest BCUT2D eigenvalue weighted by Gasteiger charge is 1.96. The third-order valence-electron chi connectivity index (χ3n) is 1.47. The maximum atomic E-state index is 10.7. The number of nitrogens with one attached hydrogen (secondary N) is 2. The topological polar surface area (TPSA) is 50.4 Å². The second-order valence-corrected chi connectivity index (χ2v) is 2.49. The Kier molecular flexibility index (Phi) is 8.05. The molecule has 0 spiro atoms. The molecule has 0 atom stereocenters. The first-order valence-corrected chi connectivity index (χ1v) is 4.24. The molecule has 0 unspecified atom stereocenters. The molecule has 0 aromatic carbocycles. The molecule has 0 aliphatic carbocycles. The van der Waals surface area contributed by atoms with Crippen LogP contribution >= 0.6 is 0 Å². The third kappa shape index (κ3) is 7.50. The molecular weight excluding hydrogens is 156 g/mol. The Balaban J connectivity index is 2.95. The van der Waals surface area contributed by atoms with Crippen molar-refractivity contribution in [3.8, 4) is 0 Å². The molecular formula is C8H18N2O2. The Hall–Kier alpha value is -0.610. The summed E-state index contributed by atoms with van der Waals surface area (Å²) in [6, 6.07) is 0. The predicted molar refractivity (Wildman–Crippen MR) is 48.0 cm³/mol. The zero-order valence-corrected chi connectivity index (χ0v) is 7.85. The summed E-state index contributed by atoms with van der Waals surface area (Å²) in [5.74, 6) is 0.0761. The molecule has 0 bridgehead atoms. The van der Waals surface area contributed by atoms with Gasteiger partial charge in [-0.2, -0.15) is 0 Å². The Morgan fingerprint density at radius 1 is 1.33 bits per heavy atom. The third-order valence-corrected chi connectivity index (χ3v) is 1.47. The number of rotatable bonds is 7. The molecule has 0 saturated carbocycles. The zero-order valence-electron chi connectivity index (χ0n) is 7.85. The van der Waals surface area contributed by atoms with Crippen LogP contribution in [0.3, 0.4) is 0 Å². The van der Waals surface area contributed by atoms with Gasteiger partial charge in [0.15, 0.2) is 0 Å². The van der Waals surface area contributed by atoms with Gasteiger partial charge in [-0.15, -0.1) is 0 Å². The molecule has 2 N–H and O–H groups in total. The summed E-state index contributed by atoms with van der Waals surface area (Å²) in [5.41, 5.74) is 0. The van der Waals surface area contributed by atoms with Crippen molar-refractivity contribution in [1.29, 1.82) is 0 Å². The van der Waals surface area contributed by atoms with E-state index in [-0.39, 0.29) is 5.91 Å². The second-order valence-electron chi connectivity index (χ2n) is 2.49. The molecule has 0 rings (SSSR count). The predicted octanol–water partition coefficient (Wildman–Crippen LogP) is -0.251. The van der Waals surface area contributed by atoms with E-state index in [2.05, 4.69) is 10.6 Å². The van der Waals surface area contributed by atoms with Gasteiger partial charge in [-0.25, -0.2) is 0 Å². The van der Waals surface area contributed by atoms with Crippen LogP contribution in [0.15, 0.2) is 0 Å². The van der Waals surface area contributed by atoms with Gasteiger partial charge in [-0.3, -0.25) is 4.79 Å². The lowest BCUT2D eigenvalue weighted by Crippen LogP contribution is -2.18. The van der Waals surface area contributed by atoms with Gasteiger partial charge in [0.05, 0.1) is 6.61 Å². The normalized spacial score (nSPS) is 9.83. The van der Waals surface area contributed by atoms with Gasteiger partial charge in [-0.1, -0.05) is 0 Å². The first-order valence-electron chi connectivity index (χ1n) is 4.24. The fourth-order valence-corrected chi connectivity index (χ4v) is 0.736. The Morgan fingerprint density at radius 3 is 2.67 bits per heavy atom. The lowest BCUT2D eigenvalue weighted by Gasteiger charge is -2.02. The summed E-state index contributed by atoms with van der Waals surface area (Å²) in [6.07, 6.45) is 1.35. The molecule has 4 nitrogen and oxygen atoms in total. The van der Waals surface area contributed by atoms with E-state index in [4.69, 9.17) is 4.74 Å². The average molecular weight is 174 g/mol. The number of ether oxygens (including phenoxy) is 1. The van der Waals surface area contributed by atoms with Gasteiger partial charge in [0.1, 0.15) is 0 Å². The van der Waals surface area contributed by atoms with Gasteiger partial charge in [0.25, 0.3) is 0 Å². The molecule has 0 aromatic heterocycles. The first kappa shape index (κ1) is 11.4. The smallest absolute Gasteiger partial charge is 0.219 e. The molecule has 72 valence electrons. The van der Waals surface area contributed by atoms with Crippen molar-refractivity contribution < 1.29 is 9.53 Å². The van der Waals surface area contributed by atoms with E-state index in [1.807, 2.05) is 7.05 Å². The van der Waals surface area contributed by atoms with Crippen LogP contribution in [-0.2, 0) is 9.53 Å². The van der Waals surface area contributed by atoms with Gasteiger partial charge < -0.3 is 15.4 Å². The quantitative estimate of drug-likeness (QED) is 0.523. The molecule has 1 amide bonds. The lowest BCUT2D eigenvalue weighted by atomic mass is 10.3. The fraction of sp³-hybridized carbons (Fsp3) is 0.875. The van der Waals surface area contributed by atoms with E-state index in [1.54, 1.807) is 7.05 Å². The van der Waals surface area contributed by atoms with E-state index in [0.29, 0.717) is 19.6 Å². The standard InChI is InChI=1S/C8H18N2O2/c1-9-5-7-12-6-3-4-8(11)10-2/h9H,3-7H2,1-2H3,(H,10,11). The zero-order chi connectivity index (χ0) is 9.23. The lowest BCUT2D eigenvalue weighted by molar-refractivity contribution is -0.120. The molecule has 0 radical (unpaired) electrons. The summed E-state index contributed by atoms with van der Waals surface area (Å²) in [4.78, 5) is 10.7. The molecule has 0 saturated heterocycles. The summed E-state index contributed by atoms with van der Waals surface area (Å²) in [6.45, 7) is 2.24. The largest absolute Gasteiger partial charge is 0.380 e. The molecule has 0 fully saturated rings. The minimum absolute atomic E-state index is 0.0761. The second kappa shape index (κ2) is 8.49. The van der Waals surface area contributed by atoms with Crippen molar-refractivity contribution in [2.75, 3.05) is 33.9 Å². The highest BCUT2D eigenvalue weighted by Crippen LogP contribution is 1.88. The Bertz CT molecular complexity index is 118. The highest BCUT2D eigenvalue weighted by atomic mass is 16.5. The van der Waals surface area contributed by atoms with Crippen LogP contribution in [0.2, 0.25) is 0 Å². The Morgan fingerprint density at radius 2 is 2.08 bits per heavy atom. The first-order chi connectivity index (χ1) is 5.81. The van der Waals surface area contributed by atoms with Gasteiger partial charge in [0.2, 0.25) is 5.91 Å². The number of hydrogen-bond donors (Lipinski definition) is 2. The summed E-state index contributed by atoms with van der Waals surface area (Å²) >= 11 is 0. The van der Waals surface area contributed by atoms with Crippen molar-refractivity contribution >= 4 is 5.91 Å². The van der Waals surface area contributed by atoms with E-state index < -0.39 is 0 Å². The summed E-state index contributed by atoms with van der Waals surface area (Å²) in [7, 11) is 3.53. The molecule has 4 heteroatoms. The minimum Gasteiger partial charge on any atom is -0.380 e. The summed E-state index contributed by atoms with van der Waals surface area (Å²) in [5, 5.41) is 5.53. The fourth-order valence-electron chi connectivity index (χ4n) is 0.736. The monoisotopic (exact) mass is 174 g/mol. The van der Waals surface area contributed by atoms with Gasteiger partial charge >= 0.3 is 0 Å². The van der Waals surface area contributed by atoms with Crippen LogP contribution in [0.4, 0.5) is 0 Å². The minimum atomic E-state index is 0.0761. The highest BCUT2D eigenvalue weighted by molar-refractivity contribution is 5.75. The molecule has 12 heavy (non-hydrogen) atoms. The number of carbonyl (C=O) groups excluding carboxylic acids is 1. The maximum absolute atomic E-state index is 10.7.